The van der Waals surface area contributed by atoms with Gasteiger partial charge in [-0.3, -0.25) is 14.4 Å². The van der Waals surface area contributed by atoms with Crippen LogP contribution in [0.3, 0.4) is 0 Å². The Labute approximate surface area is 428 Å². The summed E-state index contributed by atoms with van der Waals surface area (Å²) in [7, 11) is 0. The summed E-state index contributed by atoms with van der Waals surface area (Å²) in [5.74, 6) is -0.881. The predicted octanol–water partition coefficient (Wildman–Crippen LogP) is 20.0. The van der Waals surface area contributed by atoms with Crippen LogP contribution >= 0.6 is 0 Å². The third-order valence-electron chi connectivity index (χ3n) is 13.0. The molecule has 0 aromatic heterocycles. The van der Waals surface area contributed by atoms with Gasteiger partial charge >= 0.3 is 17.9 Å². The number of unbranched alkanes of at least 4 members (excludes halogenated alkanes) is 33. The van der Waals surface area contributed by atoms with Crippen LogP contribution in [0.2, 0.25) is 0 Å². The monoisotopic (exact) mass is 965 g/mol. The second-order valence-corrected chi connectivity index (χ2v) is 19.9. The highest BCUT2D eigenvalue weighted by Gasteiger charge is 2.19. The van der Waals surface area contributed by atoms with Crippen molar-refractivity contribution in [1.82, 2.24) is 0 Å². The molecule has 0 aliphatic rings. The minimum absolute atomic E-state index is 0.0785. The van der Waals surface area contributed by atoms with E-state index in [-0.39, 0.29) is 31.1 Å². The van der Waals surface area contributed by atoms with Crippen molar-refractivity contribution in [2.45, 2.75) is 309 Å². The Kier molecular flexibility index (Phi) is 55.3. The Bertz CT molecular complexity index is 1250. The molecule has 0 rings (SSSR count). The normalized spacial score (nSPS) is 12.4. The Balaban J connectivity index is 4.30. The van der Waals surface area contributed by atoms with Crippen molar-refractivity contribution >= 4 is 17.9 Å². The lowest BCUT2D eigenvalue weighted by Gasteiger charge is -2.18. The topological polar surface area (TPSA) is 78.9 Å². The molecule has 0 N–H and O–H groups in total. The van der Waals surface area contributed by atoms with Crippen LogP contribution in [-0.4, -0.2) is 37.2 Å². The number of carbonyl (C=O) groups is 3. The molecule has 0 aliphatic carbocycles. The number of hydrogen-bond acceptors (Lipinski definition) is 6. The van der Waals surface area contributed by atoms with E-state index in [0.29, 0.717) is 19.3 Å². The number of esters is 3. The minimum Gasteiger partial charge on any atom is -0.462 e. The van der Waals surface area contributed by atoms with Gasteiger partial charge in [0.05, 0.1) is 0 Å². The fourth-order valence-corrected chi connectivity index (χ4v) is 8.53. The van der Waals surface area contributed by atoms with Crippen LogP contribution in [0, 0.1) is 0 Å². The highest BCUT2D eigenvalue weighted by Crippen LogP contribution is 2.17. The summed E-state index contributed by atoms with van der Waals surface area (Å²) in [6.07, 6.45) is 72.2. The van der Waals surface area contributed by atoms with E-state index in [1.54, 1.807) is 0 Å². The number of hydrogen-bond donors (Lipinski definition) is 0. The standard InChI is InChI=1S/C63H112O6/c1-4-7-10-13-16-19-22-24-26-28-30-31-33-34-36-38-41-44-47-50-53-56-62(65)68-59-60(58-67-61(64)55-52-49-46-43-40-21-18-15-12-9-6-3)69-63(66)57-54-51-48-45-42-39-37-35-32-29-27-25-23-20-17-14-11-8-5-2/h7,10,15-16,18-19,24,26,30-31,60H,4-6,8-9,11-14,17,20-23,25,27-29,32-59H2,1-3H3/b10-7-,18-15-,19-16-,26-24-,31-30-. The van der Waals surface area contributed by atoms with Crippen molar-refractivity contribution < 1.29 is 28.6 Å². The zero-order valence-electron chi connectivity index (χ0n) is 45.8. The van der Waals surface area contributed by atoms with Crippen molar-refractivity contribution in [3.8, 4) is 0 Å². The smallest absolute Gasteiger partial charge is 0.306 e. The molecule has 69 heavy (non-hydrogen) atoms. The third kappa shape index (κ3) is 55.9. The summed E-state index contributed by atoms with van der Waals surface area (Å²) in [6.45, 7) is 6.51. The lowest BCUT2D eigenvalue weighted by atomic mass is 10.0. The van der Waals surface area contributed by atoms with Crippen molar-refractivity contribution in [3.63, 3.8) is 0 Å². The van der Waals surface area contributed by atoms with E-state index in [1.165, 1.54) is 167 Å². The van der Waals surface area contributed by atoms with Gasteiger partial charge in [0, 0.05) is 19.3 Å². The van der Waals surface area contributed by atoms with Crippen LogP contribution in [-0.2, 0) is 28.6 Å². The Morgan fingerprint density at radius 2 is 0.580 bits per heavy atom. The van der Waals surface area contributed by atoms with Gasteiger partial charge in [-0.1, -0.05) is 268 Å². The molecule has 6 heteroatoms. The second kappa shape index (κ2) is 57.7. The van der Waals surface area contributed by atoms with E-state index < -0.39 is 6.10 Å². The summed E-state index contributed by atoms with van der Waals surface area (Å²) in [4.78, 5) is 38.2. The molecule has 0 fully saturated rings. The Morgan fingerprint density at radius 3 is 0.942 bits per heavy atom. The molecule has 1 unspecified atom stereocenters. The summed E-state index contributed by atoms with van der Waals surface area (Å²) in [6, 6.07) is 0. The minimum atomic E-state index is -0.779. The van der Waals surface area contributed by atoms with E-state index in [4.69, 9.17) is 14.2 Å². The highest BCUT2D eigenvalue weighted by atomic mass is 16.6. The molecule has 0 radical (unpaired) electrons. The molecular weight excluding hydrogens is 853 g/mol. The van der Waals surface area contributed by atoms with E-state index in [2.05, 4.69) is 81.5 Å². The van der Waals surface area contributed by atoms with Gasteiger partial charge in [-0.05, 0) is 77.0 Å². The molecule has 0 saturated heterocycles. The van der Waals surface area contributed by atoms with E-state index in [9.17, 15) is 14.4 Å². The van der Waals surface area contributed by atoms with Gasteiger partial charge in [-0.2, -0.15) is 0 Å². The zero-order chi connectivity index (χ0) is 50.0. The predicted molar refractivity (Wildman–Crippen MR) is 298 cm³/mol. The average Bonchev–Trinajstić information content (AvgIpc) is 3.35. The largest absolute Gasteiger partial charge is 0.462 e. The molecule has 0 aromatic carbocycles. The lowest BCUT2D eigenvalue weighted by molar-refractivity contribution is -0.167. The summed E-state index contributed by atoms with van der Waals surface area (Å²) < 4.78 is 16.9. The van der Waals surface area contributed by atoms with Crippen molar-refractivity contribution in [1.29, 1.82) is 0 Å². The lowest BCUT2D eigenvalue weighted by Crippen LogP contribution is -2.30. The van der Waals surface area contributed by atoms with Gasteiger partial charge in [0.1, 0.15) is 13.2 Å². The maximum absolute atomic E-state index is 12.9. The summed E-state index contributed by atoms with van der Waals surface area (Å²) in [5, 5.41) is 0. The molecule has 0 amide bonds. The first-order chi connectivity index (χ1) is 34.0. The Morgan fingerprint density at radius 1 is 0.304 bits per heavy atom. The molecule has 0 aromatic rings. The quantitative estimate of drug-likeness (QED) is 0.0262. The van der Waals surface area contributed by atoms with E-state index >= 15 is 0 Å². The van der Waals surface area contributed by atoms with E-state index in [0.717, 1.165) is 96.3 Å². The van der Waals surface area contributed by atoms with Crippen LogP contribution < -0.4 is 0 Å². The molecule has 0 saturated carbocycles. The van der Waals surface area contributed by atoms with Crippen LogP contribution in [0.15, 0.2) is 60.8 Å². The number of carbonyl (C=O) groups excluding carboxylic acids is 3. The maximum Gasteiger partial charge on any atom is 0.306 e. The van der Waals surface area contributed by atoms with Crippen LogP contribution in [0.4, 0.5) is 0 Å². The van der Waals surface area contributed by atoms with Crippen LogP contribution in [0.1, 0.15) is 303 Å². The third-order valence-corrected chi connectivity index (χ3v) is 13.0. The molecule has 0 spiro atoms. The number of ether oxygens (including phenoxy) is 3. The van der Waals surface area contributed by atoms with Crippen molar-refractivity contribution in [2.24, 2.45) is 0 Å². The Hall–Kier alpha value is -2.89. The van der Waals surface area contributed by atoms with Gasteiger partial charge in [-0.25, -0.2) is 0 Å². The zero-order valence-corrected chi connectivity index (χ0v) is 45.8. The molecule has 0 bridgehead atoms. The number of rotatable bonds is 54. The second-order valence-electron chi connectivity index (χ2n) is 19.9. The summed E-state index contributed by atoms with van der Waals surface area (Å²) in [5.41, 5.74) is 0. The van der Waals surface area contributed by atoms with Gasteiger partial charge < -0.3 is 14.2 Å². The van der Waals surface area contributed by atoms with Crippen molar-refractivity contribution in [2.75, 3.05) is 13.2 Å². The van der Waals surface area contributed by atoms with Gasteiger partial charge in [0.2, 0.25) is 0 Å². The average molecular weight is 966 g/mol. The van der Waals surface area contributed by atoms with E-state index in [1.807, 2.05) is 0 Å². The SMILES string of the molecule is CC/C=C\C/C=C\C/C=C\C/C=C\CCCCCCCCCCC(=O)OCC(COC(=O)CCCCCCC/C=C\CCCC)OC(=O)CCCCCCCCCCCCCCCCCCCCC. The molecule has 1 atom stereocenters. The first-order valence-electron chi connectivity index (χ1n) is 29.8. The molecule has 0 heterocycles. The molecule has 400 valence electrons. The van der Waals surface area contributed by atoms with Gasteiger partial charge in [0.25, 0.3) is 0 Å². The highest BCUT2D eigenvalue weighted by molar-refractivity contribution is 5.71. The molecular formula is C63H112O6. The molecule has 0 aliphatic heterocycles. The number of allylic oxidation sites excluding steroid dienone is 10. The maximum atomic E-state index is 12.9. The van der Waals surface area contributed by atoms with Gasteiger partial charge in [0.15, 0.2) is 6.10 Å². The van der Waals surface area contributed by atoms with Crippen LogP contribution in [0.5, 0.6) is 0 Å². The van der Waals surface area contributed by atoms with Crippen molar-refractivity contribution in [3.05, 3.63) is 60.8 Å². The molecule has 6 nitrogen and oxygen atoms in total. The first kappa shape index (κ1) is 66.1. The fourth-order valence-electron chi connectivity index (χ4n) is 8.53. The van der Waals surface area contributed by atoms with Gasteiger partial charge in [-0.15, -0.1) is 0 Å². The van der Waals surface area contributed by atoms with Crippen LogP contribution in [0.25, 0.3) is 0 Å². The first-order valence-corrected chi connectivity index (χ1v) is 29.8. The fraction of sp³-hybridized carbons (Fsp3) is 0.794. The summed E-state index contributed by atoms with van der Waals surface area (Å²) >= 11 is 0.